The maximum atomic E-state index is 9.76. The van der Waals surface area contributed by atoms with E-state index in [1.165, 1.54) is 25.0 Å². The lowest BCUT2D eigenvalue weighted by molar-refractivity contribution is 0.132. The van der Waals surface area contributed by atoms with E-state index in [0.29, 0.717) is 0 Å². The van der Waals surface area contributed by atoms with E-state index >= 15 is 0 Å². The van der Waals surface area contributed by atoms with Crippen molar-refractivity contribution in [1.29, 1.82) is 0 Å². The Morgan fingerprint density at radius 2 is 2.14 bits per heavy atom. The zero-order chi connectivity index (χ0) is 9.54. The fourth-order valence-corrected chi connectivity index (χ4v) is 2.52. The van der Waals surface area contributed by atoms with Crippen molar-refractivity contribution >= 4 is 0 Å². The highest BCUT2D eigenvalue weighted by Gasteiger charge is 2.28. The molecule has 3 rings (SSSR count). The number of hydrogen-bond acceptors (Lipinski definition) is 2. The van der Waals surface area contributed by atoms with Crippen LogP contribution in [0.4, 0.5) is 0 Å². The van der Waals surface area contributed by atoms with Gasteiger partial charge in [0.15, 0.2) is 0 Å². The van der Waals surface area contributed by atoms with Crippen LogP contribution in [0, 0.1) is 0 Å². The third-order valence-electron chi connectivity index (χ3n) is 3.60. The number of aromatic nitrogens is 2. The minimum absolute atomic E-state index is 0.322. The van der Waals surface area contributed by atoms with Crippen molar-refractivity contribution in [3.63, 3.8) is 0 Å². The molecular formula is C11H16N2O. The lowest BCUT2D eigenvalue weighted by Crippen LogP contribution is -2.20. The summed E-state index contributed by atoms with van der Waals surface area (Å²) in [6.07, 6.45) is 7.59. The first-order chi connectivity index (χ1) is 6.86. The SMILES string of the molecule is OC1CCCn2c(C3CCC3)cnc21. The lowest BCUT2D eigenvalue weighted by atomic mass is 9.83. The third kappa shape index (κ3) is 1.12. The number of imidazole rings is 1. The van der Waals surface area contributed by atoms with Crippen molar-refractivity contribution in [2.24, 2.45) is 0 Å². The normalized spacial score (nSPS) is 27.1. The monoisotopic (exact) mass is 192 g/mol. The van der Waals surface area contributed by atoms with Crippen LogP contribution in [-0.4, -0.2) is 14.7 Å². The zero-order valence-corrected chi connectivity index (χ0v) is 8.32. The van der Waals surface area contributed by atoms with Gasteiger partial charge in [0.05, 0.1) is 0 Å². The molecule has 3 heteroatoms. The molecule has 1 aliphatic heterocycles. The molecule has 0 spiro atoms. The second-order valence-electron chi connectivity index (χ2n) is 4.48. The van der Waals surface area contributed by atoms with Gasteiger partial charge in [-0.25, -0.2) is 4.98 Å². The number of aliphatic hydroxyl groups excluding tert-OH is 1. The summed E-state index contributed by atoms with van der Waals surface area (Å²) in [6, 6.07) is 0. The second-order valence-corrected chi connectivity index (χ2v) is 4.48. The standard InChI is InChI=1S/C11H16N2O/c14-10-5-2-6-13-9(7-12-11(10)13)8-3-1-4-8/h7-8,10,14H,1-6H2. The molecule has 1 aromatic heterocycles. The van der Waals surface area contributed by atoms with E-state index in [1.54, 1.807) is 0 Å². The Kier molecular flexibility index (Phi) is 1.87. The van der Waals surface area contributed by atoms with E-state index in [0.717, 1.165) is 31.1 Å². The van der Waals surface area contributed by atoms with Crippen LogP contribution in [0.2, 0.25) is 0 Å². The number of rotatable bonds is 1. The van der Waals surface area contributed by atoms with Gasteiger partial charge in [-0.3, -0.25) is 0 Å². The van der Waals surface area contributed by atoms with Crippen molar-refractivity contribution < 1.29 is 5.11 Å². The van der Waals surface area contributed by atoms with Crippen molar-refractivity contribution in [3.05, 3.63) is 17.7 Å². The summed E-state index contributed by atoms with van der Waals surface area (Å²) in [7, 11) is 0. The molecule has 0 bridgehead atoms. The predicted molar refractivity (Wildman–Crippen MR) is 53.0 cm³/mol. The van der Waals surface area contributed by atoms with E-state index in [9.17, 15) is 5.11 Å². The van der Waals surface area contributed by atoms with Crippen molar-refractivity contribution in [2.75, 3.05) is 0 Å². The Morgan fingerprint density at radius 1 is 1.29 bits per heavy atom. The molecule has 1 aromatic rings. The first-order valence-electron chi connectivity index (χ1n) is 5.59. The summed E-state index contributed by atoms with van der Waals surface area (Å²) in [4.78, 5) is 4.35. The van der Waals surface area contributed by atoms with Gasteiger partial charge in [-0.15, -0.1) is 0 Å². The number of aliphatic hydroxyl groups is 1. The molecule has 2 heterocycles. The second kappa shape index (κ2) is 3.09. The molecule has 1 N–H and O–H groups in total. The maximum absolute atomic E-state index is 9.76. The van der Waals surface area contributed by atoms with Crippen LogP contribution in [0.5, 0.6) is 0 Å². The van der Waals surface area contributed by atoms with E-state index in [4.69, 9.17) is 0 Å². The van der Waals surface area contributed by atoms with E-state index < -0.39 is 0 Å². The minimum Gasteiger partial charge on any atom is -0.385 e. The van der Waals surface area contributed by atoms with E-state index in [1.807, 2.05) is 6.20 Å². The van der Waals surface area contributed by atoms with Crippen LogP contribution in [-0.2, 0) is 6.54 Å². The fraction of sp³-hybridized carbons (Fsp3) is 0.727. The van der Waals surface area contributed by atoms with Gasteiger partial charge in [-0.1, -0.05) is 6.42 Å². The molecule has 14 heavy (non-hydrogen) atoms. The first kappa shape index (κ1) is 8.48. The maximum Gasteiger partial charge on any atom is 0.137 e. The van der Waals surface area contributed by atoms with Crippen molar-refractivity contribution in [2.45, 2.75) is 50.7 Å². The molecule has 0 radical (unpaired) electrons. The molecular weight excluding hydrogens is 176 g/mol. The van der Waals surface area contributed by atoms with E-state index in [2.05, 4.69) is 9.55 Å². The van der Waals surface area contributed by atoms with Crippen LogP contribution in [0.1, 0.15) is 55.6 Å². The summed E-state index contributed by atoms with van der Waals surface area (Å²) in [5.41, 5.74) is 1.37. The van der Waals surface area contributed by atoms with Crippen LogP contribution < -0.4 is 0 Å². The first-order valence-corrected chi connectivity index (χ1v) is 5.59. The number of hydrogen-bond donors (Lipinski definition) is 1. The molecule has 0 saturated heterocycles. The van der Waals surface area contributed by atoms with Gasteiger partial charge in [0.1, 0.15) is 11.9 Å². The molecule has 76 valence electrons. The van der Waals surface area contributed by atoms with Gasteiger partial charge < -0.3 is 9.67 Å². The minimum atomic E-state index is -0.322. The molecule has 1 unspecified atom stereocenters. The average molecular weight is 192 g/mol. The van der Waals surface area contributed by atoms with Crippen LogP contribution in [0.3, 0.4) is 0 Å². The summed E-state index contributed by atoms with van der Waals surface area (Å²) >= 11 is 0. The summed E-state index contributed by atoms with van der Waals surface area (Å²) < 4.78 is 2.25. The largest absolute Gasteiger partial charge is 0.385 e. The molecule has 3 nitrogen and oxygen atoms in total. The third-order valence-corrected chi connectivity index (χ3v) is 3.60. The Hall–Kier alpha value is -0.830. The summed E-state index contributed by atoms with van der Waals surface area (Å²) in [6.45, 7) is 1.05. The molecule has 1 aliphatic carbocycles. The number of nitrogens with zero attached hydrogens (tertiary/aromatic N) is 2. The average Bonchev–Trinajstić information content (AvgIpc) is 2.48. The van der Waals surface area contributed by atoms with Gasteiger partial charge in [-0.05, 0) is 25.7 Å². The van der Waals surface area contributed by atoms with Crippen LogP contribution in [0.25, 0.3) is 0 Å². The molecule has 2 aliphatic rings. The highest BCUT2D eigenvalue weighted by atomic mass is 16.3. The van der Waals surface area contributed by atoms with Crippen LogP contribution in [0.15, 0.2) is 6.20 Å². The molecule has 0 aromatic carbocycles. The Balaban J connectivity index is 1.97. The molecule has 1 fully saturated rings. The quantitative estimate of drug-likeness (QED) is 0.738. The van der Waals surface area contributed by atoms with Gasteiger partial charge in [0.2, 0.25) is 0 Å². The van der Waals surface area contributed by atoms with Crippen LogP contribution >= 0.6 is 0 Å². The zero-order valence-electron chi connectivity index (χ0n) is 8.32. The van der Waals surface area contributed by atoms with E-state index in [-0.39, 0.29) is 6.10 Å². The molecule has 1 saturated carbocycles. The summed E-state index contributed by atoms with van der Waals surface area (Å²) in [5.74, 6) is 1.62. The lowest BCUT2D eigenvalue weighted by Gasteiger charge is -2.29. The van der Waals surface area contributed by atoms with Gasteiger partial charge >= 0.3 is 0 Å². The predicted octanol–water partition coefficient (Wildman–Crippen LogP) is 1.98. The van der Waals surface area contributed by atoms with Gasteiger partial charge in [0.25, 0.3) is 0 Å². The van der Waals surface area contributed by atoms with Gasteiger partial charge in [-0.2, -0.15) is 0 Å². The number of fused-ring (bicyclic) bond motifs is 1. The highest BCUT2D eigenvalue weighted by molar-refractivity contribution is 5.16. The smallest absolute Gasteiger partial charge is 0.137 e. The van der Waals surface area contributed by atoms with Crippen molar-refractivity contribution in [1.82, 2.24) is 9.55 Å². The Morgan fingerprint density at radius 3 is 2.86 bits per heavy atom. The van der Waals surface area contributed by atoms with Crippen molar-refractivity contribution in [3.8, 4) is 0 Å². The molecule has 1 atom stereocenters. The Labute approximate surface area is 83.8 Å². The summed E-state index contributed by atoms with van der Waals surface area (Å²) in [5, 5.41) is 9.76. The van der Waals surface area contributed by atoms with Gasteiger partial charge in [0, 0.05) is 24.4 Å². The topological polar surface area (TPSA) is 38.0 Å². The Bertz CT molecular complexity index is 341. The fourth-order valence-electron chi connectivity index (χ4n) is 2.52. The highest BCUT2D eigenvalue weighted by Crippen LogP contribution is 2.38. The molecule has 0 amide bonds.